The van der Waals surface area contributed by atoms with Crippen LogP contribution in [0.3, 0.4) is 0 Å². The number of imidazole rings is 1. The second-order valence-electron chi connectivity index (χ2n) is 8.40. The molecule has 7 heteroatoms. The van der Waals surface area contributed by atoms with Gasteiger partial charge < -0.3 is 4.57 Å². The highest BCUT2D eigenvalue weighted by molar-refractivity contribution is 5.71. The first-order valence-electron chi connectivity index (χ1n) is 10.2. The summed E-state index contributed by atoms with van der Waals surface area (Å²) in [6, 6.07) is 0. The Hall–Kier alpha value is -1.89. The predicted octanol–water partition coefficient (Wildman–Crippen LogP) is 2.10. The first-order chi connectivity index (χ1) is 12.8. The van der Waals surface area contributed by atoms with Crippen molar-refractivity contribution in [2.45, 2.75) is 59.5 Å². The van der Waals surface area contributed by atoms with Crippen LogP contribution >= 0.6 is 0 Å². The van der Waals surface area contributed by atoms with Gasteiger partial charge in [-0.2, -0.15) is 0 Å². The minimum Gasteiger partial charge on any atom is -0.321 e. The van der Waals surface area contributed by atoms with Gasteiger partial charge in [-0.25, -0.2) is 9.78 Å². The molecule has 2 aromatic heterocycles. The van der Waals surface area contributed by atoms with Crippen molar-refractivity contribution in [3.8, 4) is 0 Å². The van der Waals surface area contributed by atoms with Crippen molar-refractivity contribution in [2.75, 3.05) is 13.1 Å². The van der Waals surface area contributed by atoms with Crippen molar-refractivity contribution in [3.63, 3.8) is 0 Å². The number of aryl methyl sites for hydroxylation is 2. The van der Waals surface area contributed by atoms with Crippen molar-refractivity contribution < 1.29 is 0 Å². The van der Waals surface area contributed by atoms with E-state index in [4.69, 9.17) is 4.98 Å². The second kappa shape index (κ2) is 8.00. The fraction of sp³-hybridized carbons (Fsp3) is 0.750. The van der Waals surface area contributed by atoms with Gasteiger partial charge in [-0.1, -0.05) is 33.6 Å². The number of hydrogen-bond acceptors (Lipinski definition) is 4. The summed E-state index contributed by atoms with van der Waals surface area (Å²) < 4.78 is 4.75. The quantitative estimate of drug-likeness (QED) is 0.726. The van der Waals surface area contributed by atoms with Crippen LogP contribution < -0.4 is 11.2 Å². The number of nitrogens with zero attached hydrogens (tertiary/aromatic N) is 5. The van der Waals surface area contributed by atoms with Crippen LogP contribution in [-0.2, 0) is 27.2 Å². The first-order valence-corrected chi connectivity index (χ1v) is 10.2. The summed E-state index contributed by atoms with van der Waals surface area (Å²) in [7, 11) is 3.24. The van der Waals surface area contributed by atoms with Crippen LogP contribution in [0.1, 0.15) is 52.3 Å². The maximum Gasteiger partial charge on any atom is 0.332 e. The number of fused-ring (bicyclic) bond motifs is 1. The van der Waals surface area contributed by atoms with Crippen molar-refractivity contribution in [1.82, 2.24) is 23.6 Å². The molecule has 3 heterocycles. The van der Waals surface area contributed by atoms with Crippen LogP contribution in [-0.4, -0.2) is 36.7 Å². The number of aromatic nitrogens is 4. The van der Waals surface area contributed by atoms with Gasteiger partial charge in [0.05, 0.1) is 6.54 Å². The number of piperidine rings is 1. The third kappa shape index (κ3) is 3.88. The van der Waals surface area contributed by atoms with Crippen LogP contribution in [0.25, 0.3) is 11.2 Å². The Morgan fingerprint density at radius 3 is 2.33 bits per heavy atom. The molecule has 0 N–H and O–H groups in total. The summed E-state index contributed by atoms with van der Waals surface area (Å²) in [5.41, 5.74) is 0.498. The lowest BCUT2D eigenvalue weighted by molar-refractivity contribution is 0.130. The van der Waals surface area contributed by atoms with Crippen molar-refractivity contribution >= 4 is 11.2 Å². The number of rotatable bonds is 6. The molecule has 0 aromatic carbocycles. The van der Waals surface area contributed by atoms with Crippen LogP contribution in [0.4, 0.5) is 0 Å². The maximum atomic E-state index is 12.8. The van der Waals surface area contributed by atoms with E-state index in [9.17, 15) is 9.59 Å². The normalized spacial score (nSPS) is 21.2. The topological polar surface area (TPSA) is 65.1 Å². The Bertz CT molecular complexity index is 913. The van der Waals surface area contributed by atoms with Crippen LogP contribution in [0.2, 0.25) is 0 Å². The predicted molar refractivity (Wildman–Crippen MR) is 108 cm³/mol. The van der Waals surface area contributed by atoms with E-state index in [0.29, 0.717) is 23.0 Å². The van der Waals surface area contributed by atoms with Gasteiger partial charge in [0.1, 0.15) is 5.82 Å². The van der Waals surface area contributed by atoms with Crippen molar-refractivity contribution in [3.05, 3.63) is 26.7 Å². The minimum atomic E-state index is -0.322. The van der Waals surface area contributed by atoms with Crippen LogP contribution in [0, 0.1) is 11.8 Å². The zero-order chi connectivity index (χ0) is 19.7. The Balaban J connectivity index is 2.06. The zero-order valence-corrected chi connectivity index (χ0v) is 17.4. The van der Waals surface area contributed by atoms with Gasteiger partial charge in [0, 0.05) is 33.7 Å². The lowest BCUT2D eigenvalue weighted by atomic mass is 9.92. The molecule has 1 saturated heterocycles. The molecule has 7 nitrogen and oxygen atoms in total. The Morgan fingerprint density at radius 2 is 1.70 bits per heavy atom. The molecule has 0 amide bonds. The molecule has 1 aliphatic heterocycles. The first kappa shape index (κ1) is 19.9. The molecular formula is C20H33N5O2. The summed E-state index contributed by atoms with van der Waals surface area (Å²) in [6.07, 6.45) is 4.51. The molecule has 2 unspecified atom stereocenters. The van der Waals surface area contributed by atoms with Gasteiger partial charge >= 0.3 is 5.69 Å². The number of unbranched alkanes of at least 4 members (excludes halogenated alkanes) is 2. The van der Waals surface area contributed by atoms with Crippen molar-refractivity contribution in [2.24, 2.45) is 25.9 Å². The summed E-state index contributed by atoms with van der Waals surface area (Å²) in [4.78, 5) is 32.4. The fourth-order valence-corrected chi connectivity index (χ4v) is 4.49. The van der Waals surface area contributed by atoms with Gasteiger partial charge in [-0.05, 0) is 24.7 Å². The SMILES string of the molecule is CCCCCn1c(CN2CC(C)CC(C)C2)nc2c1c(=O)n(C)c(=O)n2C. The molecule has 1 fully saturated rings. The fourth-order valence-electron chi connectivity index (χ4n) is 4.49. The van der Waals surface area contributed by atoms with E-state index in [1.807, 2.05) is 0 Å². The third-order valence-corrected chi connectivity index (χ3v) is 5.72. The second-order valence-corrected chi connectivity index (χ2v) is 8.40. The molecule has 0 radical (unpaired) electrons. The van der Waals surface area contributed by atoms with Crippen LogP contribution in [0.15, 0.2) is 9.59 Å². The number of hydrogen-bond donors (Lipinski definition) is 0. The monoisotopic (exact) mass is 375 g/mol. The molecule has 27 heavy (non-hydrogen) atoms. The number of likely N-dealkylation sites (tertiary alicyclic amines) is 1. The standard InChI is InChI=1S/C20H33N5O2/c1-6-7-8-9-25-16(13-24-11-14(2)10-15(3)12-24)21-18-17(25)19(26)23(5)20(27)22(18)4/h14-15H,6-13H2,1-5H3. The summed E-state index contributed by atoms with van der Waals surface area (Å²) in [5.74, 6) is 2.24. The Labute approximate surface area is 160 Å². The minimum absolute atomic E-state index is 0.247. The zero-order valence-electron chi connectivity index (χ0n) is 17.4. The van der Waals surface area contributed by atoms with Gasteiger partial charge in [0.25, 0.3) is 5.56 Å². The van der Waals surface area contributed by atoms with Gasteiger partial charge in [0.2, 0.25) is 0 Å². The molecule has 0 saturated carbocycles. The highest BCUT2D eigenvalue weighted by atomic mass is 16.2. The van der Waals surface area contributed by atoms with E-state index in [1.54, 1.807) is 14.1 Å². The maximum absolute atomic E-state index is 12.8. The summed E-state index contributed by atoms with van der Waals surface area (Å²) >= 11 is 0. The largest absolute Gasteiger partial charge is 0.332 e. The van der Waals surface area contributed by atoms with Crippen molar-refractivity contribution in [1.29, 1.82) is 0 Å². The molecule has 1 aliphatic rings. The highest BCUT2D eigenvalue weighted by Gasteiger charge is 2.25. The van der Waals surface area contributed by atoms with E-state index >= 15 is 0 Å². The molecular weight excluding hydrogens is 342 g/mol. The highest BCUT2D eigenvalue weighted by Crippen LogP contribution is 2.23. The lowest BCUT2D eigenvalue weighted by Gasteiger charge is -2.34. The molecule has 0 aliphatic carbocycles. The van der Waals surface area contributed by atoms with E-state index in [2.05, 4.69) is 30.2 Å². The summed E-state index contributed by atoms with van der Waals surface area (Å²) in [6.45, 7) is 10.4. The summed E-state index contributed by atoms with van der Waals surface area (Å²) in [5, 5.41) is 0. The van der Waals surface area contributed by atoms with Crippen LogP contribution in [0.5, 0.6) is 0 Å². The smallest absolute Gasteiger partial charge is 0.321 e. The molecule has 150 valence electrons. The van der Waals surface area contributed by atoms with Gasteiger partial charge in [0.15, 0.2) is 11.2 Å². The molecule has 2 atom stereocenters. The third-order valence-electron chi connectivity index (χ3n) is 5.72. The Kier molecular flexibility index (Phi) is 5.89. The molecule has 0 spiro atoms. The van der Waals surface area contributed by atoms with Gasteiger partial charge in [-0.15, -0.1) is 0 Å². The molecule has 3 rings (SSSR count). The van der Waals surface area contributed by atoms with Gasteiger partial charge in [-0.3, -0.25) is 18.8 Å². The average molecular weight is 376 g/mol. The van der Waals surface area contributed by atoms with E-state index in [1.165, 1.54) is 15.6 Å². The lowest BCUT2D eigenvalue weighted by Crippen LogP contribution is -2.39. The average Bonchev–Trinajstić information content (AvgIpc) is 2.96. The van der Waals surface area contributed by atoms with E-state index < -0.39 is 0 Å². The van der Waals surface area contributed by atoms with E-state index in [-0.39, 0.29) is 11.2 Å². The molecule has 2 aromatic rings. The van der Waals surface area contributed by atoms with E-state index in [0.717, 1.165) is 51.3 Å². The molecule has 0 bridgehead atoms. The Morgan fingerprint density at radius 1 is 1.04 bits per heavy atom.